The zero-order chi connectivity index (χ0) is 11.3. The second-order valence-corrected chi connectivity index (χ2v) is 5.93. The van der Waals surface area contributed by atoms with Gasteiger partial charge in [0, 0.05) is 18.1 Å². The van der Waals surface area contributed by atoms with Crippen molar-refractivity contribution in [3.8, 4) is 0 Å². The Hall–Kier alpha value is -0.500. The molecule has 0 fully saturated rings. The number of hydrogen-bond acceptors (Lipinski definition) is 5. The number of rotatable bonds is 6. The van der Waals surface area contributed by atoms with Gasteiger partial charge in [0.1, 0.15) is 5.01 Å². The Bertz CT molecular complexity index is 375. The molecule has 0 saturated heterocycles. The van der Waals surface area contributed by atoms with Crippen molar-refractivity contribution >= 4 is 21.4 Å². The van der Waals surface area contributed by atoms with Crippen LogP contribution in [0.5, 0.6) is 0 Å². The van der Waals surface area contributed by atoms with E-state index < -0.39 is 10.0 Å². The van der Waals surface area contributed by atoms with E-state index >= 15 is 0 Å². The fourth-order valence-corrected chi connectivity index (χ4v) is 3.02. The minimum absolute atomic E-state index is 0.0826. The molecule has 1 aromatic rings. The van der Waals surface area contributed by atoms with Crippen molar-refractivity contribution in [2.24, 2.45) is 0 Å². The average Bonchev–Trinajstić information content (AvgIpc) is 2.67. The number of sulfonamides is 1. The van der Waals surface area contributed by atoms with Crippen LogP contribution in [0.2, 0.25) is 0 Å². The molecule has 0 aliphatic carbocycles. The Morgan fingerprint density at radius 3 is 2.87 bits per heavy atom. The molecule has 1 aromatic heterocycles. The van der Waals surface area contributed by atoms with Crippen molar-refractivity contribution in [1.82, 2.24) is 15.0 Å². The molecule has 86 valence electrons. The van der Waals surface area contributed by atoms with E-state index in [0.29, 0.717) is 6.54 Å². The molecule has 2 N–H and O–H groups in total. The third-order valence-corrected chi connectivity index (χ3v) is 4.21. The van der Waals surface area contributed by atoms with Crippen LogP contribution in [0.15, 0.2) is 11.6 Å². The molecular weight excluding hydrogens is 234 g/mol. The van der Waals surface area contributed by atoms with Gasteiger partial charge in [0.25, 0.3) is 0 Å². The Labute approximate surface area is 94.0 Å². The molecule has 1 heterocycles. The third-order valence-electron chi connectivity index (χ3n) is 1.80. The van der Waals surface area contributed by atoms with E-state index in [1.54, 1.807) is 20.2 Å². The molecule has 0 bridgehead atoms. The summed E-state index contributed by atoms with van der Waals surface area (Å²) in [7, 11) is -1.49. The Kier molecular flexibility index (Phi) is 4.65. The summed E-state index contributed by atoms with van der Waals surface area (Å²) >= 11 is 1.44. The van der Waals surface area contributed by atoms with Crippen molar-refractivity contribution in [3.05, 3.63) is 16.6 Å². The Morgan fingerprint density at radius 1 is 1.60 bits per heavy atom. The summed E-state index contributed by atoms with van der Waals surface area (Å²) in [6.45, 7) is 2.23. The average molecular weight is 249 g/mol. The van der Waals surface area contributed by atoms with Crippen molar-refractivity contribution < 1.29 is 8.42 Å². The molecule has 0 aliphatic heterocycles. The SMILES string of the molecule is CNCCS(=O)(=O)NC(C)c1nccs1. The Balaban J connectivity index is 2.54. The van der Waals surface area contributed by atoms with Gasteiger partial charge in [-0.05, 0) is 14.0 Å². The van der Waals surface area contributed by atoms with Crippen LogP contribution in [0, 0.1) is 0 Å². The van der Waals surface area contributed by atoms with Crippen molar-refractivity contribution in [2.75, 3.05) is 19.3 Å². The van der Waals surface area contributed by atoms with Gasteiger partial charge in [0.05, 0.1) is 11.8 Å². The maximum Gasteiger partial charge on any atom is 0.213 e. The molecular formula is C8H15N3O2S2. The highest BCUT2D eigenvalue weighted by Gasteiger charge is 2.16. The van der Waals surface area contributed by atoms with Crippen LogP contribution >= 0.6 is 11.3 Å². The van der Waals surface area contributed by atoms with E-state index in [9.17, 15) is 8.42 Å². The fourth-order valence-electron chi connectivity index (χ4n) is 1.06. The highest BCUT2D eigenvalue weighted by atomic mass is 32.2. The third kappa shape index (κ3) is 4.25. The van der Waals surface area contributed by atoms with Gasteiger partial charge in [-0.2, -0.15) is 0 Å². The molecule has 5 nitrogen and oxygen atoms in total. The van der Waals surface area contributed by atoms with Gasteiger partial charge in [-0.25, -0.2) is 18.1 Å². The van der Waals surface area contributed by atoms with E-state index in [2.05, 4.69) is 15.0 Å². The minimum Gasteiger partial charge on any atom is -0.319 e. The van der Waals surface area contributed by atoms with Gasteiger partial charge >= 0.3 is 0 Å². The smallest absolute Gasteiger partial charge is 0.213 e. The largest absolute Gasteiger partial charge is 0.319 e. The van der Waals surface area contributed by atoms with E-state index in [0.717, 1.165) is 5.01 Å². The first-order valence-electron chi connectivity index (χ1n) is 4.59. The van der Waals surface area contributed by atoms with E-state index in [1.165, 1.54) is 11.3 Å². The highest BCUT2D eigenvalue weighted by molar-refractivity contribution is 7.89. The number of hydrogen-bond donors (Lipinski definition) is 2. The molecule has 0 saturated carbocycles. The van der Waals surface area contributed by atoms with E-state index in [1.807, 2.05) is 5.38 Å². The Morgan fingerprint density at radius 2 is 2.33 bits per heavy atom. The lowest BCUT2D eigenvalue weighted by molar-refractivity contribution is 0.564. The number of thiazole rings is 1. The van der Waals surface area contributed by atoms with Gasteiger partial charge in [0.15, 0.2) is 0 Å². The van der Waals surface area contributed by atoms with Crippen LogP contribution in [0.25, 0.3) is 0 Å². The van der Waals surface area contributed by atoms with Gasteiger partial charge in [-0.1, -0.05) is 0 Å². The first-order valence-corrected chi connectivity index (χ1v) is 7.12. The second-order valence-electron chi connectivity index (χ2n) is 3.13. The predicted molar refractivity (Wildman–Crippen MR) is 61.4 cm³/mol. The predicted octanol–water partition coefficient (Wildman–Crippen LogP) is 0.343. The first-order chi connectivity index (χ1) is 7.05. The molecule has 0 spiro atoms. The van der Waals surface area contributed by atoms with E-state index in [4.69, 9.17) is 0 Å². The van der Waals surface area contributed by atoms with Crippen LogP contribution in [0.3, 0.4) is 0 Å². The van der Waals surface area contributed by atoms with Gasteiger partial charge in [0.2, 0.25) is 10.0 Å². The molecule has 0 radical (unpaired) electrons. The first kappa shape index (κ1) is 12.6. The molecule has 0 aliphatic rings. The number of nitrogens with zero attached hydrogens (tertiary/aromatic N) is 1. The molecule has 1 unspecified atom stereocenters. The number of nitrogens with one attached hydrogen (secondary N) is 2. The van der Waals surface area contributed by atoms with Gasteiger partial charge in [-0.15, -0.1) is 11.3 Å². The summed E-state index contributed by atoms with van der Waals surface area (Å²) in [5.74, 6) is 0.0826. The molecule has 0 amide bonds. The van der Waals surface area contributed by atoms with Crippen LogP contribution in [-0.4, -0.2) is 32.7 Å². The summed E-state index contributed by atoms with van der Waals surface area (Å²) in [6.07, 6.45) is 1.67. The van der Waals surface area contributed by atoms with Crippen LogP contribution in [-0.2, 0) is 10.0 Å². The quantitative estimate of drug-likeness (QED) is 0.763. The van der Waals surface area contributed by atoms with Gasteiger partial charge < -0.3 is 5.32 Å². The topological polar surface area (TPSA) is 71.1 Å². The lowest BCUT2D eigenvalue weighted by Gasteiger charge is -2.11. The summed E-state index contributed by atoms with van der Waals surface area (Å²) in [4.78, 5) is 4.06. The normalized spacial score (nSPS) is 14.0. The van der Waals surface area contributed by atoms with Crippen molar-refractivity contribution in [2.45, 2.75) is 13.0 Å². The molecule has 1 rings (SSSR count). The number of aromatic nitrogens is 1. The standard InChI is InChI=1S/C8H15N3O2S2/c1-7(8-10-3-5-14-8)11-15(12,13)6-4-9-2/h3,5,7,9,11H,4,6H2,1-2H3. The lowest BCUT2D eigenvalue weighted by atomic mass is 10.4. The fraction of sp³-hybridized carbons (Fsp3) is 0.625. The zero-order valence-electron chi connectivity index (χ0n) is 8.73. The molecule has 15 heavy (non-hydrogen) atoms. The molecule has 1 atom stereocenters. The molecule has 7 heteroatoms. The monoisotopic (exact) mass is 249 g/mol. The van der Waals surface area contributed by atoms with E-state index in [-0.39, 0.29) is 11.8 Å². The van der Waals surface area contributed by atoms with Crippen LogP contribution < -0.4 is 10.0 Å². The van der Waals surface area contributed by atoms with Crippen LogP contribution in [0.4, 0.5) is 0 Å². The highest BCUT2D eigenvalue weighted by Crippen LogP contribution is 2.15. The summed E-state index contributed by atoms with van der Waals surface area (Å²) in [5.41, 5.74) is 0. The van der Waals surface area contributed by atoms with Crippen molar-refractivity contribution in [3.63, 3.8) is 0 Å². The maximum absolute atomic E-state index is 11.5. The molecule has 0 aromatic carbocycles. The minimum atomic E-state index is -3.21. The summed E-state index contributed by atoms with van der Waals surface area (Å²) < 4.78 is 25.6. The van der Waals surface area contributed by atoms with Crippen molar-refractivity contribution in [1.29, 1.82) is 0 Å². The van der Waals surface area contributed by atoms with Crippen LogP contribution in [0.1, 0.15) is 18.0 Å². The lowest BCUT2D eigenvalue weighted by Crippen LogP contribution is -2.32. The summed E-state index contributed by atoms with van der Waals surface area (Å²) in [5, 5.41) is 5.41. The summed E-state index contributed by atoms with van der Waals surface area (Å²) in [6, 6.07) is -0.258. The van der Waals surface area contributed by atoms with Gasteiger partial charge in [-0.3, -0.25) is 0 Å². The maximum atomic E-state index is 11.5. The zero-order valence-corrected chi connectivity index (χ0v) is 10.4. The second kappa shape index (κ2) is 5.55.